The predicted octanol–water partition coefficient (Wildman–Crippen LogP) is 3.78. The summed E-state index contributed by atoms with van der Waals surface area (Å²) in [5.74, 6) is 0.405. The number of benzene rings is 1. The van der Waals surface area contributed by atoms with E-state index in [0.717, 1.165) is 31.5 Å². The van der Waals surface area contributed by atoms with Gasteiger partial charge in [-0.05, 0) is 43.7 Å². The molecule has 1 aromatic carbocycles. The van der Waals surface area contributed by atoms with Crippen LogP contribution in [0.15, 0.2) is 34.3 Å². The van der Waals surface area contributed by atoms with E-state index < -0.39 is 4.92 Å². The van der Waals surface area contributed by atoms with Crippen LogP contribution in [0.3, 0.4) is 0 Å². The van der Waals surface area contributed by atoms with Crippen LogP contribution >= 0.6 is 11.8 Å². The van der Waals surface area contributed by atoms with E-state index in [-0.39, 0.29) is 23.3 Å². The fourth-order valence-electron chi connectivity index (χ4n) is 4.01. The zero-order valence-electron chi connectivity index (χ0n) is 16.7. The third-order valence-corrected chi connectivity index (χ3v) is 6.52. The van der Waals surface area contributed by atoms with Gasteiger partial charge in [-0.2, -0.15) is 0 Å². The quantitative estimate of drug-likeness (QED) is 0.539. The summed E-state index contributed by atoms with van der Waals surface area (Å²) >= 11 is 1.18. The Kier molecular flexibility index (Phi) is 5.42. The van der Waals surface area contributed by atoms with Crippen molar-refractivity contribution in [1.82, 2.24) is 14.9 Å². The first-order valence-electron chi connectivity index (χ1n) is 9.82. The van der Waals surface area contributed by atoms with Gasteiger partial charge in [0.25, 0.3) is 5.69 Å². The number of hydrogen-bond acceptors (Lipinski definition) is 7. The summed E-state index contributed by atoms with van der Waals surface area (Å²) in [6.07, 6.45) is 5.34. The third-order valence-electron chi connectivity index (χ3n) is 5.40. The molecule has 0 unspecified atom stereocenters. The molecule has 0 atom stereocenters. The van der Waals surface area contributed by atoms with Crippen molar-refractivity contribution in [3.8, 4) is 0 Å². The summed E-state index contributed by atoms with van der Waals surface area (Å²) in [5.41, 5.74) is 0.885. The molecule has 1 aliphatic carbocycles. The topological polar surface area (TPSA) is 111 Å². The van der Waals surface area contributed by atoms with Crippen LogP contribution in [0.2, 0.25) is 0 Å². The molecule has 4 rings (SSSR count). The van der Waals surface area contributed by atoms with E-state index >= 15 is 0 Å². The molecule has 0 N–H and O–H groups in total. The van der Waals surface area contributed by atoms with Crippen LogP contribution in [-0.4, -0.2) is 31.5 Å². The minimum absolute atomic E-state index is 0.0607. The molecule has 2 aromatic rings. The van der Waals surface area contributed by atoms with Crippen molar-refractivity contribution in [3.63, 3.8) is 0 Å². The number of nitro groups is 1. The highest BCUT2D eigenvalue weighted by Gasteiger charge is 2.37. The number of allylic oxidation sites excluding steroid dienone is 1. The Morgan fingerprint density at radius 2 is 1.77 bits per heavy atom. The van der Waals surface area contributed by atoms with Gasteiger partial charge in [0.1, 0.15) is 0 Å². The first kappa shape index (κ1) is 20.3. The summed E-state index contributed by atoms with van der Waals surface area (Å²) in [5, 5.41) is 21.6. The van der Waals surface area contributed by atoms with E-state index in [0.29, 0.717) is 21.3 Å². The van der Waals surface area contributed by atoms with Gasteiger partial charge in [-0.1, -0.05) is 19.3 Å². The second kappa shape index (κ2) is 8.02. The van der Waals surface area contributed by atoms with E-state index in [1.807, 2.05) is 0 Å². The molecule has 1 aromatic heterocycles. The number of nitro benzene ring substituents is 1. The average molecular weight is 427 g/mol. The van der Waals surface area contributed by atoms with Gasteiger partial charge in [0.05, 0.1) is 15.5 Å². The van der Waals surface area contributed by atoms with Crippen LogP contribution in [-0.2, 0) is 9.59 Å². The number of non-ortho nitro benzene ring substituents is 1. The molecule has 2 heterocycles. The Hall–Kier alpha value is -3.01. The van der Waals surface area contributed by atoms with Gasteiger partial charge in [-0.3, -0.25) is 19.7 Å². The fraction of sp³-hybridized carbons (Fsp3) is 0.400. The van der Waals surface area contributed by atoms with Crippen molar-refractivity contribution in [2.75, 3.05) is 5.01 Å². The lowest BCUT2D eigenvalue weighted by molar-refractivity contribution is -0.384. The molecule has 1 fully saturated rings. The fourth-order valence-corrected chi connectivity index (χ4v) is 4.98. The number of carbonyl (C=O) groups excluding carboxylic acids is 2. The maximum Gasteiger partial charge on any atom is 0.269 e. The van der Waals surface area contributed by atoms with Gasteiger partial charge >= 0.3 is 0 Å². The van der Waals surface area contributed by atoms with Gasteiger partial charge in [-0.25, -0.2) is 9.69 Å². The smallest absolute Gasteiger partial charge is 0.269 e. The van der Waals surface area contributed by atoms with E-state index in [1.165, 1.54) is 49.2 Å². The molecule has 0 radical (unpaired) electrons. The van der Waals surface area contributed by atoms with Crippen molar-refractivity contribution in [2.45, 2.75) is 57.0 Å². The van der Waals surface area contributed by atoms with E-state index in [9.17, 15) is 19.7 Å². The standard InChI is InChI=1S/C20H21N5O4S/c1-12(26)18-17(14-8-10-16(11-9-14)25(28)29)23(13(2)27)24-19(21-22-20(24)30-18)15-6-4-3-5-7-15/h8-11,15H,3-7H2,1-2H3. The molecule has 0 bridgehead atoms. The number of ketones is 1. The van der Waals surface area contributed by atoms with Crippen molar-refractivity contribution in [1.29, 1.82) is 0 Å². The summed E-state index contributed by atoms with van der Waals surface area (Å²) in [7, 11) is 0. The average Bonchev–Trinajstić information content (AvgIpc) is 3.16. The number of aromatic nitrogens is 3. The molecule has 2 aliphatic rings. The van der Waals surface area contributed by atoms with Gasteiger partial charge in [0.2, 0.25) is 11.1 Å². The SMILES string of the molecule is CC(=O)C1=C(c2ccc([N+](=O)[O-])cc2)N(C(C)=O)n2c(nnc2C2CCCCC2)S1. The third kappa shape index (κ3) is 3.51. The molecule has 9 nitrogen and oxygen atoms in total. The molecule has 0 saturated heterocycles. The zero-order chi connectivity index (χ0) is 21.4. The Balaban J connectivity index is 1.87. The molecular formula is C20H21N5O4S. The first-order chi connectivity index (χ1) is 14.4. The second-order valence-electron chi connectivity index (χ2n) is 7.46. The number of rotatable bonds is 4. The van der Waals surface area contributed by atoms with Crippen LogP contribution in [0, 0.1) is 10.1 Å². The van der Waals surface area contributed by atoms with Crippen molar-refractivity contribution in [3.05, 3.63) is 50.7 Å². The second-order valence-corrected chi connectivity index (χ2v) is 8.44. The minimum atomic E-state index is -0.485. The van der Waals surface area contributed by atoms with Gasteiger partial charge in [-0.15, -0.1) is 10.2 Å². The highest BCUT2D eigenvalue weighted by molar-refractivity contribution is 8.04. The van der Waals surface area contributed by atoms with Crippen LogP contribution in [0.4, 0.5) is 5.69 Å². The molecule has 1 amide bonds. The summed E-state index contributed by atoms with van der Waals surface area (Å²) in [4.78, 5) is 36.2. The summed E-state index contributed by atoms with van der Waals surface area (Å²) < 4.78 is 1.71. The number of Topliss-reactive ketones (excluding diaryl/α,β-unsaturated/α-hetero) is 1. The van der Waals surface area contributed by atoms with Crippen LogP contribution in [0.1, 0.15) is 63.3 Å². The largest absolute Gasteiger partial charge is 0.294 e. The highest BCUT2D eigenvalue weighted by Crippen LogP contribution is 2.42. The van der Waals surface area contributed by atoms with Crippen LogP contribution < -0.4 is 5.01 Å². The van der Waals surface area contributed by atoms with Crippen LogP contribution in [0.5, 0.6) is 0 Å². The lowest BCUT2D eigenvalue weighted by atomic mass is 9.89. The van der Waals surface area contributed by atoms with Gasteiger partial charge < -0.3 is 0 Å². The lowest BCUT2D eigenvalue weighted by Crippen LogP contribution is -2.42. The Morgan fingerprint density at radius 3 is 2.33 bits per heavy atom. The predicted molar refractivity (Wildman–Crippen MR) is 111 cm³/mol. The Morgan fingerprint density at radius 1 is 1.10 bits per heavy atom. The zero-order valence-corrected chi connectivity index (χ0v) is 17.5. The summed E-state index contributed by atoms with van der Waals surface area (Å²) in [6, 6.07) is 5.85. The highest BCUT2D eigenvalue weighted by atomic mass is 32.2. The van der Waals surface area contributed by atoms with Crippen molar-refractivity contribution < 1.29 is 14.5 Å². The number of thioether (sulfide) groups is 1. The van der Waals surface area contributed by atoms with Crippen molar-refractivity contribution in [2.24, 2.45) is 0 Å². The maximum absolute atomic E-state index is 12.8. The monoisotopic (exact) mass is 427 g/mol. The molecule has 10 heteroatoms. The van der Waals surface area contributed by atoms with Gasteiger partial charge in [0, 0.05) is 30.5 Å². The van der Waals surface area contributed by atoms with Gasteiger partial charge in [0.15, 0.2) is 11.6 Å². The minimum Gasteiger partial charge on any atom is -0.294 e. The Bertz CT molecular complexity index is 1050. The van der Waals surface area contributed by atoms with Crippen LogP contribution in [0.25, 0.3) is 5.70 Å². The first-order valence-corrected chi connectivity index (χ1v) is 10.6. The Labute approximate surface area is 177 Å². The molecule has 30 heavy (non-hydrogen) atoms. The molecular weight excluding hydrogens is 406 g/mol. The van der Waals surface area contributed by atoms with E-state index in [1.54, 1.807) is 16.8 Å². The van der Waals surface area contributed by atoms with E-state index in [2.05, 4.69) is 10.2 Å². The number of fused-ring (bicyclic) bond motifs is 1. The maximum atomic E-state index is 12.8. The molecule has 156 valence electrons. The normalized spacial score (nSPS) is 17.1. The summed E-state index contributed by atoms with van der Waals surface area (Å²) in [6.45, 7) is 2.85. The molecule has 1 aliphatic heterocycles. The number of amides is 1. The lowest BCUT2D eigenvalue weighted by Gasteiger charge is -2.33. The molecule has 1 saturated carbocycles. The number of nitrogens with zero attached hydrogens (tertiary/aromatic N) is 5. The number of hydrogen-bond donors (Lipinski definition) is 0. The van der Waals surface area contributed by atoms with E-state index in [4.69, 9.17) is 0 Å². The number of carbonyl (C=O) groups is 2. The van der Waals surface area contributed by atoms with Crippen molar-refractivity contribution >= 4 is 34.8 Å². The molecule has 0 spiro atoms.